The molecular weight excluding hydrogens is 306 g/mol. The van der Waals surface area contributed by atoms with Crippen molar-refractivity contribution < 1.29 is 14.3 Å². The van der Waals surface area contributed by atoms with Gasteiger partial charge in [0.1, 0.15) is 12.1 Å². The number of anilines is 3. The molecule has 112 valence electrons. The van der Waals surface area contributed by atoms with Gasteiger partial charge in [0.2, 0.25) is 5.91 Å². The van der Waals surface area contributed by atoms with E-state index in [-0.39, 0.29) is 0 Å². The molecule has 2 aromatic carbocycles. The monoisotopic (exact) mass is 317 g/mol. The molecule has 0 aliphatic rings. The highest BCUT2D eigenvalue weighted by molar-refractivity contribution is 6.31. The number of oxazole rings is 1. The van der Waals surface area contributed by atoms with E-state index in [1.165, 1.54) is 0 Å². The van der Waals surface area contributed by atoms with Crippen LogP contribution in [0.4, 0.5) is 17.4 Å². The molecule has 22 heavy (non-hydrogen) atoms. The SMILES string of the molecule is O=C(CO)Nc1cccc(Nc2nc3ccc(Cl)cc3o2)c1. The quantitative estimate of drug-likeness (QED) is 0.688. The number of carbonyl (C=O) groups excluding carboxylic acids is 1. The van der Waals surface area contributed by atoms with Gasteiger partial charge in [0.05, 0.1) is 0 Å². The molecule has 0 aliphatic carbocycles. The molecule has 0 bridgehead atoms. The predicted octanol–water partition coefficient (Wildman–Crippen LogP) is 3.16. The fourth-order valence-corrected chi connectivity index (χ4v) is 2.11. The van der Waals surface area contributed by atoms with Crippen LogP contribution in [0.5, 0.6) is 0 Å². The van der Waals surface area contributed by atoms with Crippen LogP contribution in [0.3, 0.4) is 0 Å². The number of hydrogen-bond acceptors (Lipinski definition) is 5. The number of nitrogens with one attached hydrogen (secondary N) is 2. The fraction of sp³-hybridized carbons (Fsp3) is 0.0667. The van der Waals surface area contributed by atoms with Crippen molar-refractivity contribution in [1.82, 2.24) is 4.98 Å². The number of amides is 1. The lowest BCUT2D eigenvalue weighted by Crippen LogP contribution is -2.15. The second-order valence-electron chi connectivity index (χ2n) is 4.54. The molecule has 3 rings (SSSR count). The molecule has 0 aliphatic heterocycles. The van der Waals surface area contributed by atoms with Gasteiger partial charge in [-0.3, -0.25) is 4.79 Å². The molecule has 7 heteroatoms. The molecule has 3 aromatic rings. The molecule has 0 saturated heterocycles. The van der Waals surface area contributed by atoms with Crippen molar-refractivity contribution in [3.63, 3.8) is 0 Å². The van der Waals surface area contributed by atoms with Gasteiger partial charge in [-0.2, -0.15) is 4.98 Å². The third-order valence-electron chi connectivity index (χ3n) is 2.89. The van der Waals surface area contributed by atoms with Crippen LogP contribution in [0.2, 0.25) is 5.02 Å². The van der Waals surface area contributed by atoms with Crippen molar-refractivity contribution in [3.05, 3.63) is 47.5 Å². The van der Waals surface area contributed by atoms with E-state index in [0.717, 1.165) is 0 Å². The predicted molar refractivity (Wildman–Crippen MR) is 84.5 cm³/mol. The number of nitrogens with zero attached hydrogens (tertiary/aromatic N) is 1. The normalized spacial score (nSPS) is 10.6. The van der Waals surface area contributed by atoms with Crippen LogP contribution < -0.4 is 10.6 Å². The number of aromatic nitrogens is 1. The molecule has 0 spiro atoms. The van der Waals surface area contributed by atoms with Crippen molar-refractivity contribution in [3.8, 4) is 0 Å². The zero-order chi connectivity index (χ0) is 15.5. The lowest BCUT2D eigenvalue weighted by atomic mass is 10.3. The molecule has 3 N–H and O–H groups in total. The highest BCUT2D eigenvalue weighted by Crippen LogP contribution is 2.25. The lowest BCUT2D eigenvalue weighted by molar-refractivity contribution is -0.118. The van der Waals surface area contributed by atoms with Crippen molar-refractivity contribution in [2.45, 2.75) is 0 Å². The zero-order valence-electron chi connectivity index (χ0n) is 11.3. The average molecular weight is 318 g/mol. The van der Waals surface area contributed by atoms with Gasteiger partial charge in [-0.15, -0.1) is 0 Å². The number of rotatable bonds is 4. The highest BCUT2D eigenvalue weighted by atomic mass is 35.5. The summed E-state index contributed by atoms with van der Waals surface area (Å²) in [5.74, 6) is -0.478. The lowest BCUT2D eigenvalue weighted by Gasteiger charge is -2.06. The van der Waals surface area contributed by atoms with Crippen LogP contribution >= 0.6 is 11.6 Å². The van der Waals surface area contributed by atoms with Gasteiger partial charge in [0, 0.05) is 22.5 Å². The Bertz CT molecular complexity index is 832. The van der Waals surface area contributed by atoms with Gasteiger partial charge >= 0.3 is 0 Å². The number of hydrogen-bond donors (Lipinski definition) is 3. The van der Waals surface area contributed by atoms with E-state index in [9.17, 15) is 4.79 Å². The number of benzene rings is 2. The molecule has 6 nitrogen and oxygen atoms in total. The van der Waals surface area contributed by atoms with E-state index in [1.807, 2.05) is 0 Å². The van der Waals surface area contributed by atoms with Crippen LogP contribution in [0.25, 0.3) is 11.1 Å². The van der Waals surface area contributed by atoms with Gasteiger partial charge in [-0.25, -0.2) is 0 Å². The summed E-state index contributed by atoms with van der Waals surface area (Å²) in [6.07, 6.45) is 0. The highest BCUT2D eigenvalue weighted by Gasteiger charge is 2.07. The first-order chi connectivity index (χ1) is 10.6. The van der Waals surface area contributed by atoms with Crippen LogP contribution in [-0.2, 0) is 4.79 Å². The Balaban J connectivity index is 1.82. The van der Waals surface area contributed by atoms with Gasteiger partial charge in [0.25, 0.3) is 6.01 Å². The summed E-state index contributed by atoms with van der Waals surface area (Å²) in [6.45, 7) is -0.566. The largest absolute Gasteiger partial charge is 0.423 e. The van der Waals surface area contributed by atoms with Crippen molar-refractivity contribution in [2.24, 2.45) is 0 Å². The smallest absolute Gasteiger partial charge is 0.300 e. The summed E-state index contributed by atoms with van der Waals surface area (Å²) in [7, 11) is 0. The summed E-state index contributed by atoms with van der Waals surface area (Å²) in [4.78, 5) is 15.5. The van der Waals surface area contributed by atoms with Crippen LogP contribution in [-0.4, -0.2) is 22.6 Å². The Morgan fingerprint density at radius 3 is 2.86 bits per heavy atom. The van der Waals surface area contributed by atoms with Gasteiger partial charge in [0.15, 0.2) is 5.58 Å². The molecule has 0 saturated carbocycles. The first-order valence-electron chi connectivity index (χ1n) is 6.48. The number of fused-ring (bicyclic) bond motifs is 1. The second kappa shape index (κ2) is 6.05. The van der Waals surface area contributed by atoms with E-state index in [1.54, 1.807) is 42.5 Å². The number of aliphatic hydroxyl groups is 1. The Morgan fingerprint density at radius 1 is 1.23 bits per heavy atom. The van der Waals surface area contributed by atoms with E-state index < -0.39 is 12.5 Å². The summed E-state index contributed by atoms with van der Waals surface area (Å²) in [5, 5.41) is 14.9. The molecule has 0 unspecified atom stereocenters. The average Bonchev–Trinajstić information content (AvgIpc) is 2.88. The minimum atomic E-state index is -0.566. The minimum absolute atomic E-state index is 0.322. The summed E-state index contributed by atoms with van der Waals surface area (Å²) < 4.78 is 5.56. The fourth-order valence-electron chi connectivity index (χ4n) is 1.95. The Morgan fingerprint density at radius 2 is 2.05 bits per heavy atom. The van der Waals surface area contributed by atoms with Gasteiger partial charge in [-0.05, 0) is 30.3 Å². The van der Waals surface area contributed by atoms with Crippen LogP contribution in [0.15, 0.2) is 46.9 Å². The number of halogens is 1. The van der Waals surface area contributed by atoms with E-state index in [4.69, 9.17) is 21.1 Å². The first-order valence-corrected chi connectivity index (χ1v) is 6.86. The molecule has 0 atom stereocenters. The number of aliphatic hydroxyl groups excluding tert-OH is 1. The van der Waals surface area contributed by atoms with E-state index in [2.05, 4.69) is 15.6 Å². The Kier molecular flexibility index (Phi) is 3.95. The van der Waals surface area contributed by atoms with Gasteiger partial charge < -0.3 is 20.2 Å². The van der Waals surface area contributed by atoms with Crippen molar-refractivity contribution in [1.29, 1.82) is 0 Å². The van der Waals surface area contributed by atoms with Crippen molar-refractivity contribution in [2.75, 3.05) is 17.2 Å². The molecule has 1 aromatic heterocycles. The van der Waals surface area contributed by atoms with Crippen LogP contribution in [0, 0.1) is 0 Å². The molecular formula is C15H12ClN3O3. The summed E-state index contributed by atoms with van der Waals surface area (Å²) >= 11 is 5.90. The molecule has 0 radical (unpaired) electrons. The third-order valence-corrected chi connectivity index (χ3v) is 3.13. The second-order valence-corrected chi connectivity index (χ2v) is 4.98. The topological polar surface area (TPSA) is 87.4 Å². The number of carbonyl (C=O) groups is 1. The van der Waals surface area contributed by atoms with Gasteiger partial charge in [-0.1, -0.05) is 17.7 Å². The molecule has 1 heterocycles. The molecule has 1 amide bonds. The Labute approximate surface area is 130 Å². The summed E-state index contributed by atoms with van der Waals surface area (Å²) in [5.41, 5.74) is 2.52. The zero-order valence-corrected chi connectivity index (χ0v) is 12.1. The summed E-state index contributed by atoms with van der Waals surface area (Å²) in [6, 6.07) is 12.5. The standard InChI is InChI=1S/C15H12ClN3O3/c16-9-4-5-12-13(6-9)22-15(19-12)18-11-3-1-2-10(7-11)17-14(21)8-20/h1-7,20H,8H2,(H,17,21)(H,18,19). The minimum Gasteiger partial charge on any atom is -0.423 e. The third kappa shape index (κ3) is 3.19. The molecule has 0 fully saturated rings. The maximum atomic E-state index is 11.2. The van der Waals surface area contributed by atoms with Crippen molar-refractivity contribution >= 4 is 46.0 Å². The first kappa shape index (κ1) is 14.4. The van der Waals surface area contributed by atoms with E-state index >= 15 is 0 Å². The van der Waals surface area contributed by atoms with Crippen LogP contribution in [0.1, 0.15) is 0 Å². The maximum Gasteiger partial charge on any atom is 0.300 e. The maximum absolute atomic E-state index is 11.2. The van der Waals surface area contributed by atoms with E-state index in [0.29, 0.717) is 33.5 Å². The Hall–Kier alpha value is -2.57.